The maximum atomic E-state index is 14.5. The number of phenolic OH excluding ortho intramolecular Hbond substituents is 1. The highest BCUT2D eigenvalue weighted by Gasteiger charge is 2.31. The molecule has 3 aromatic carbocycles. The molecule has 2 unspecified atom stereocenters. The number of phenols is 1. The molecule has 3 N–H and O–H groups in total. The molecule has 390 valence electrons. The predicted octanol–water partition coefficient (Wildman–Crippen LogP) is 13.6. The highest BCUT2D eigenvalue weighted by Crippen LogP contribution is 2.41. The molecule has 10 nitrogen and oxygen atoms in total. The summed E-state index contributed by atoms with van der Waals surface area (Å²) in [6.07, 6.45) is 7.58. The average Bonchev–Trinajstić information content (AvgIpc) is 4.26. The van der Waals surface area contributed by atoms with Crippen LogP contribution in [0.2, 0.25) is 0 Å². The molecule has 2 heterocycles. The third kappa shape index (κ3) is 16.5. The van der Waals surface area contributed by atoms with Gasteiger partial charge in [0.1, 0.15) is 28.9 Å². The molecule has 2 saturated carbocycles. The normalized spacial score (nSPS) is 14.4. The van der Waals surface area contributed by atoms with Crippen LogP contribution >= 0.6 is 0 Å². The summed E-state index contributed by atoms with van der Waals surface area (Å²) in [5, 5.41) is 26.5. The van der Waals surface area contributed by atoms with Crippen molar-refractivity contribution >= 4 is 44.5 Å². The molecule has 0 spiro atoms. The predicted molar refractivity (Wildman–Crippen MR) is 279 cm³/mol. The number of carbonyl (C=O) groups excluding carboxylic acids is 1. The van der Waals surface area contributed by atoms with Crippen LogP contribution in [0.15, 0.2) is 90.3 Å². The summed E-state index contributed by atoms with van der Waals surface area (Å²) >= 11 is 0. The lowest BCUT2D eigenvalue weighted by Crippen LogP contribution is -2.29. The number of nitrogens with one attached hydrogen (secondary N) is 2. The molecule has 0 amide bonds. The molecular formula is C55H68F6N6O4S. The summed E-state index contributed by atoms with van der Waals surface area (Å²) < 4.78 is 94.0. The monoisotopic (exact) mass is 1020 g/mol. The van der Waals surface area contributed by atoms with Gasteiger partial charge in [-0.15, -0.1) is 0 Å². The molecule has 2 aliphatic carbocycles. The number of aromatic hydroxyl groups is 1. The SMILES string of the molecule is C=C/C=C\C=C(/C)c1ccc2c(=O)n(-c3ccc(O)c(C(C)=N)c3NCC(F)F)c(C(Cc3cc(F)cc(F)c3)C(C)C)nc2c1.CC(=O)Cn1nc(C(F)F)cc1C1CC1.CC(C)S(=O)C1CC1.CCC. The molecule has 0 saturated heterocycles. The van der Waals surface area contributed by atoms with E-state index in [1.165, 1.54) is 72.7 Å². The third-order valence-electron chi connectivity index (χ3n) is 11.4. The van der Waals surface area contributed by atoms with Crippen molar-refractivity contribution in [3.05, 3.63) is 141 Å². The molecule has 2 aliphatic rings. The zero-order chi connectivity index (χ0) is 53.6. The van der Waals surface area contributed by atoms with Crippen molar-refractivity contribution in [1.29, 1.82) is 5.41 Å². The Balaban J connectivity index is 0.000000348. The van der Waals surface area contributed by atoms with Gasteiger partial charge in [-0.25, -0.2) is 31.3 Å². The van der Waals surface area contributed by atoms with Gasteiger partial charge in [-0.1, -0.05) is 84.9 Å². The summed E-state index contributed by atoms with van der Waals surface area (Å²) in [7, 11) is -0.512. The fraction of sp³-hybridized carbons (Fsp3) is 0.436. The van der Waals surface area contributed by atoms with E-state index in [4.69, 9.17) is 10.4 Å². The molecule has 0 aliphatic heterocycles. The van der Waals surface area contributed by atoms with Crippen molar-refractivity contribution in [2.45, 2.75) is 143 Å². The van der Waals surface area contributed by atoms with Crippen molar-refractivity contribution in [3.8, 4) is 11.4 Å². The minimum Gasteiger partial charge on any atom is -0.507 e. The second-order valence-corrected chi connectivity index (χ2v) is 20.9. The minimum absolute atomic E-state index is 0.0407. The Kier molecular flexibility index (Phi) is 22.0. The van der Waals surface area contributed by atoms with E-state index in [0.717, 1.165) is 35.7 Å². The van der Waals surface area contributed by atoms with E-state index in [-0.39, 0.29) is 70.0 Å². The Labute approximate surface area is 421 Å². The van der Waals surface area contributed by atoms with Crippen molar-refractivity contribution in [2.24, 2.45) is 5.92 Å². The second-order valence-electron chi connectivity index (χ2n) is 18.6. The highest BCUT2D eigenvalue weighted by molar-refractivity contribution is 7.86. The molecule has 72 heavy (non-hydrogen) atoms. The maximum Gasteiger partial charge on any atom is 0.282 e. The number of halogens is 6. The van der Waals surface area contributed by atoms with E-state index >= 15 is 0 Å². The maximum absolute atomic E-state index is 14.5. The van der Waals surface area contributed by atoms with Gasteiger partial charge in [0, 0.05) is 50.6 Å². The first-order valence-electron chi connectivity index (χ1n) is 24.2. The number of rotatable bonds is 18. The standard InChI is InChI=1S/C36H36F4N4O2.C10H12F2N2O.C6H12OS.C3H8/c1-6-7-8-9-21(4)24-10-11-27-29(17-24)43-35(28(20(2)3)16-23-14-25(37)18-26(38)15-23)44(36(27)46)30-12-13-31(45)33(22(5)41)34(30)42-19-32(39)40;1-6(15)5-14-9(7-2-3-7)4-8(13-14)10(11)12;1-5(2)8(7)6-3-4-6;1-3-2/h6-15,17-18,20,28,32,41-42,45H,1,16,19H2,2-5H3;4,7,10H,2-3,5H2,1H3;5-6H,3-4H2,1-2H3;3H2,1-2H3/b8-7-,21-9+,41-22?;;;. The van der Waals surface area contributed by atoms with Gasteiger partial charge in [0.05, 0.1) is 40.9 Å². The quantitative estimate of drug-likeness (QED) is 0.0450. The van der Waals surface area contributed by atoms with Crippen molar-refractivity contribution < 1.29 is 40.5 Å². The number of alkyl halides is 4. The highest BCUT2D eigenvalue weighted by atomic mass is 32.2. The summed E-state index contributed by atoms with van der Waals surface area (Å²) in [6, 6.07) is 12.5. The van der Waals surface area contributed by atoms with Crippen LogP contribution in [0.25, 0.3) is 22.2 Å². The fourth-order valence-electron chi connectivity index (χ4n) is 7.71. The van der Waals surface area contributed by atoms with Crippen LogP contribution in [0.1, 0.15) is 147 Å². The summed E-state index contributed by atoms with van der Waals surface area (Å²) in [4.78, 5) is 30.4. The van der Waals surface area contributed by atoms with Gasteiger partial charge in [-0.05, 0) is 118 Å². The van der Waals surface area contributed by atoms with E-state index in [9.17, 15) is 45.2 Å². The van der Waals surface area contributed by atoms with Crippen LogP contribution in [0, 0.1) is 23.0 Å². The lowest BCUT2D eigenvalue weighted by atomic mass is 9.87. The number of hydrogen-bond acceptors (Lipinski definition) is 8. The van der Waals surface area contributed by atoms with E-state index in [1.54, 1.807) is 30.4 Å². The smallest absolute Gasteiger partial charge is 0.282 e. The number of aromatic nitrogens is 4. The van der Waals surface area contributed by atoms with Crippen molar-refractivity contribution in [3.63, 3.8) is 0 Å². The minimum atomic E-state index is -2.78. The molecule has 0 radical (unpaired) electrons. The molecule has 2 aromatic heterocycles. The van der Waals surface area contributed by atoms with Gasteiger partial charge in [0.25, 0.3) is 18.4 Å². The summed E-state index contributed by atoms with van der Waals surface area (Å²) in [5.41, 5.74) is 2.34. The Morgan fingerprint density at radius 2 is 1.58 bits per heavy atom. The van der Waals surface area contributed by atoms with Gasteiger partial charge in [0.2, 0.25) is 0 Å². The number of fused-ring (bicyclic) bond motifs is 1. The zero-order valence-corrected chi connectivity index (χ0v) is 43.4. The topological polar surface area (TPSA) is 143 Å². The largest absolute Gasteiger partial charge is 0.507 e. The number of hydrogen-bond donors (Lipinski definition) is 3. The van der Waals surface area contributed by atoms with Crippen LogP contribution in [0.5, 0.6) is 5.75 Å². The lowest BCUT2D eigenvalue weighted by Gasteiger charge is -2.27. The fourth-order valence-corrected chi connectivity index (χ4v) is 9.08. The molecule has 17 heteroatoms. The molecule has 5 aromatic rings. The van der Waals surface area contributed by atoms with E-state index in [2.05, 4.69) is 30.8 Å². The number of ketones is 1. The summed E-state index contributed by atoms with van der Waals surface area (Å²) in [6.45, 7) is 19.7. The number of allylic oxidation sites excluding steroid dienone is 5. The first-order chi connectivity index (χ1) is 34.0. The van der Waals surface area contributed by atoms with E-state index in [1.807, 2.05) is 46.8 Å². The number of carbonyl (C=O) groups is 1. The van der Waals surface area contributed by atoms with Crippen molar-refractivity contribution in [2.75, 3.05) is 11.9 Å². The molecular weight excluding hydrogens is 955 g/mol. The number of nitrogens with zero attached hydrogens (tertiary/aromatic N) is 4. The van der Waals surface area contributed by atoms with E-state index in [0.29, 0.717) is 27.5 Å². The van der Waals surface area contributed by atoms with Crippen LogP contribution in [-0.4, -0.2) is 63.6 Å². The number of benzene rings is 3. The Bertz CT molecular complexity index is 2800. The summed E-state index contributed by atoms with van der Waals surface area (Å²) in [5.74, 6) is -2.15. The Hall–Kier alpha value is -6.10. The van der Waals surface area contributed by atoms with E-state index < -0.39 is 53.3 Å². The molecule has 2 fully saturated rings. The van der Waals surface area contributed by atoms with Gasteiger partial charge in [-0.2, -0.15) is 5.10 Å². The van der Waals surface area contributed by atoms with Crippen LogP contribution < -0.4 is 10.9 Å². The Morgan fingerprint density at radius 1 is 0.944 bits per heavy atom. The van der Waals surface area contributed by atoms with Crippen molar-refractivity contribution in [1.82, 2.24) is 19.3 Å². The number of Topliss-reactive ketones (excluding diaryl/α,β-unsaturated/α-hetero) is 1. The first-order valence-corrected chi connectivity index (χ1v) is 25.5. The molecule has 7 rings (SSSR count). The third-order valence-corrected chi connectivity index (χ3v) is 13.5. The van der Waals surface area contributed by atoms with Crippen LogP contribution in [0.3, 0.4) is 0 Å². The first kappa shape index (κ1) is 58.5. The average molecular weight is 1020 g/mol. The van der Waals surface area contributed by atoms with Crippen LogP contribution in [-0.2, 0) is 28.6 Å². The van der Waals surface area contributed by atoms with Gasteiger partial charge in [0.15, 0.2) is 5.78 Å². The zero-order valence-electron chi connectivity index (χ0n) is 42.5. The second kappa shape index (κ2) is 27.1. The molecule has 2 atom stereocenters. The van der Waals surface area contributed by atoms with Crippen LogP contribution in [0.4, 0.5) is 32.0 Å². The van der Waals surface area contributed by atoms with Gasteiger partial charge in [-0.3, -0.25) is 23.0 Å². The van der Waals surface area contributed by atoms with Gasteiger partial charge >= 0.3 is 0 Å². The molecule has 0 bridgehead atoms. The van der Waals surface area contributed by atoms with Gasteiger partial charge < -0.3 is 15.8 Å². The number of anilines is 1. The lowest BCUT2D eigenvalue weighted by molar-refractivity contribution is -0.117. The Morgan fingerprint density at radius 3 is 2.08 bits per heavy atom.